The summed E-state index contributed by atoms with van der Waals surface area (Å²) in [6.07, 6.45) is 0.806. The van der Waals surface area contributed by atoms with Crippen molar-refractivity contribution in [1.82, 2.24) is 15.3 Å². The van der Waals surface area contributed by atoms with Gasteiger partial charge in [0.05, 0.1) is 11.4 Å². The number of aryl methyl sites for hydroxylation is 1. The van der Waals surface area contributed by atoms with Crippen LogP contribution in [0.25, 0.3) is 0 Å². The Balaban J connectivity index is 1.90. The second-order valence-corrected chi connectivity index (χ2v) is 7.13. The number of nitrogens with zero attached hydrogens (tertiary/aromatic N) is 1. The van der Waals surface area contributed by atoms with Crippen molar-refractivity contribution in [3.63, 3.8) is 0 Å². The summed E-state index contributed by atoms with van der Waals surface area (Å²) in [5.74, 6) is 0.872. The number of hydrogen-bond donors (Lipinski definition) is 2. The van der Waals surface area contributed by atoms with Gasteiger partial charge in [-0.1, -0.05) is 55.9 Å². The van der Waals surface area contributed by atoms with E-state index in [-0.39, 0.29) is 11.9 Å². The van der Waals surface area contributed by atoms with Crippen LogP contribution in [0.1, 0.15) is 37.7 Å². The van der Waals surface area contributed by atoms with Crippen molar-refractivity contribution in [3.8, 4) is 0 Å². The molecule has 1 aromatic heterocycles. The van der Waals surface area contributed by atoms with Gasteiger partial charge in [0.2, 0.25) is 5.91 Å². The highest BCUT2D eigenvalue weighted by atomic mass is 32.2. The second kappa shape index (κ2) is 8.20. The van der Waals surface area contributed by atoms with Crippen LogP contribution < -0.4 is 5.32 Å². The van der Waals surface area contributed by atoms with Crippen molar-refractivity contribution in [2.75, 3.05) is 5.75 Å². The Labute approximate surface area is 142 Å². The number of carbonyl (C=O) groups is 1. The van der Waals surface area contributed by atoms with E-state index in [1.807, 2.05) is 32.0 Å². The molecule has 0 fully saturated rings. The summed E-state index contributed by atoms with van der Waals surface area (Å²) in [5.41, 5.74) is 3.34. The first-order chi connectivity index (χ1) is 11.0. The summed E-state index contributed by atoms with van der Waals surface area (Å²) in [7, 11) is 0. The van der Waals surface area contributed by atoms with Crippen molar-refractivity contribution < 1.29 is 4.79 Å². The van der Waals surface area contributed by atoms with Crippen LogP contribution >= 0.6 is 11.8 Å². The largest absolute Gasteiger partial charge is 0.353 e. The first kappa shape index (κ1) is 17.6. The molecule has 124 valence electrons. The van der Waals surface area contributed by atoms with Crippen LogP contribution in [0.15, 0.2) is 35.5 Å². The first-order valence-corrected chi connectivity index (χ1v) is 8.96. The quantitative estimate of drug-likeness (QED) is 0.763. The average molecular weight is 331 g/mol. The highest BCUT2D eigenvalue weighted by Crippen LogP contribution is 2.19. The first-order valence-electron chi connectivity index (χ1n) is 7.97. The van der Waals surface area contributed by atoms with E-state index < -0.39 is 0 Å². The van der Waals surface area contributed by atoms with E-state index in [9.17, 15) is 4.79 Å². The van der Waals surface area contributed by atoms with Crippen molar-refractivity contribution in [3.05, 3.63) is 47.3 Å². The number of amides is 1. The molecule has 0 bridgehead atoms. The third kappa shape index (κ3) is 5.43. The van der Waals surface area contributed by atoms with Crippen LogP contribution in [0, 0.1) is 12.8 Å². The smallest absolute Gasteiger partial charge is 0.230 e. The lowest BCUT2D eigenvalue weighted by atomic mass is 10.1. The highest BCUT2D eigenvalue weighted by Gasteiger charge is 2.13. The van der Waals surface area contributed by atoms with Gasteiger partial charge in [0.1, 0.15) is 0 Å². The molecule has 0 aliphatic heterocycles. The highest BCUT2D eigenvalue weighted by molar-refractivity contribution is 7.99. The molecule has 0 saturated carbocycles. The average Bonchev–Trinajstić information content (AvgIpc) is 2.86. The SMILES string of the molecule is Cc1[nH]c(SCC(=O)N[C@@H](C)C(C)C)nc1Cc1ccccc1. The Morgan fingerprint density at radius 2 is 1.96 bits per heavy atom. The lowest BCUT2D eigenvalue weighted by molar-refractivity contribution is -0.119. The minimum atomic E-state index is 0.0508. The molecule has 2 aromatic rings. The fourth-order valence-electron chi connectivity index (χ4n) is 2.09. The topological polar surface area (TPSA) is 57.8 Å². The van der Waals surface area contributed by atoms with Gasteiger partial charge in [-0.3, -0.25) is 4.79 Å². The van der Waals surface area contributed by atoms with Gasteiger partial charge in [-0.25, -0.2) is 4.98 Å². The molecule has 0 spiro atoms. The van der Waals surface area contributed by atoms with Gasteiger partial charge < -0.3 is 10.3 Å². The Bertz CT molecular complexity index is 637. The van der Waals surface area contributed by atoms with Gasteiger partial charge >= 0.3 is 0 Å². The fraction of sp³-hybridized carbons (Fsp3) is 0.444. The van der Waals surface area contributed by atoms with E-state index in [0.717, 1.165) is 23.0 Å². The summed E-state index contributed by atoms with van der Waals surface area (Å²) < 4.78 is 0. The van der Waals surface area contributed by atoms with Gasteiger partial charge in [0.25, 0.3) is 0 Å². The maximum absolute atomic E-state index is 11.9. The summed E-state index contributed by atoms with van der Waals surface area (Å²) in [5, 5.41) is 3.82. The van der Waals surface area contributed by atoms with Crippen LogP contribution in [0.2, 0.25) is 0 Å². The maximum Gasteiger partial charge on any atom is 0.230 e. The van der Waals surface area contributed by atoms with Gasteiger partial charge in [0.15, 0.2) is 5.16 Å². The molecular formula is C18H25N3OS. The molecular weight excluding hydrogens is 306 g/mol. The Kier molecular flexibility index (Phi) is 6.28. The van der Waals surface area contributed by atoms with E-state index >= 15 is 0 Å². The molecule has 0 saturated heterocycles. The van der Waals surface area contributed by atoms with Crippen molar-refractivity contribution in [2.24, 2.45) is 5.92 Å². The van der Waals surface area contributed by atoms with Crippen molar-refractivity contribution in [1.29, 1.82) is 0 Å². The predicted octanol–water partition coefficient (Wildman–Crippen LogP) is 3.56. The maximum atomic E-state index is 11.9. The van der Waals surface area contributed by atoms with E-state index in [0.29, 0.717) is 11.7 Å². The third-order valence-electron chi connectivity index (χ3n) is 3.91. The third-order valence-corrected chi connectivity index (χ3v) is 4.78. The number of aromatic nitrogens is 2. The number of thioether (sulfide) groups is 1. The lowest BCUT2D eigenvalue weighted by Gasteiger charge is -2.16. The zero-order valence-corrected chi connectivity index (χ0v) is 15.0. The molecule has 0 aliphatic carbocycles. The van der Waals surface area contributed by atoms with Gasteiger partial charge in [-0.05, 0) is 25.3 Å². The molecule has 2 rings (SSSR count). The number of imidazole rings is 1. The summed E-state index contributed by atoms with van der Waals surface area (Å²) >= 11 is 1.45. The normalized spacial score (nSPS) is 12.4. The van der Waals surface area contributed by atoms with Crippen LogP contribution in [-0.4, -0.2) is 27.7 Å². The minimum absolute atomic E-state index is 0.0508. The molecule has 0 aliphatic rings. The number of carbonyl (C=O) groups excluding carboxylic acids is 1. The number of nitrogens with one attached hydrogen (secondary N) is 2. The van der Waals surface area contributed by atoms with Crippen LogP contribution in [0.4, 0.5) is 0 Å². The number of aromatic amines is 1. The van der Waals surface area contributed by atoms with Crippen LogP contribution in [0.5, 0.6) is 0 Å². The van der Waals surface area contributed by atoms with E-state index in [1.165, 1.54) is 17.3 Å². The van der Waals surface area contributed by atoms with Crippen molar-refractivity contribution in [2.45, 2.75) is 45.3 Å². The summed E-state index contributed by atoms with van der Waals surface area (Å²) in [4.78, 5) is 19.8. The molecule has 0 unspecified atom stereocenters. The Hall–Kier alpha value is -1.75. The van der Waals surface area contributed by atoms with Gasteiger partial charge in [-0.15, -0.1) is 0 Å². The number of benzene rings is 1. The molecule has 1 amide bonds. The molecule has 1 aromatic carbocycles. The van der Waals surface area contributed by atoms with Crippen molar-refractivity contribution >= 4 is 17.7 Å². The molecule has 5 heteroatoms. The van der Waals surface area contributed by atoms with E-state index in [1.54, 1.807) is 0 Å². The number of hydrogen-bond acceptors (Lipinski definition) is 3. The van der Waals surface area contributed by atoms with Gasteiger partial charge in [0, 0.05) is 18.2 Å². The lowest BCUT2D eigenvalue weighted by Crippen LogP contribution is -2.37. The van der Waals surface area contributed by atoms with E-state index in [4.69, 9.17) is 0 Å². The Morgan fingerprint density at radius 3 is 2.61 bits per heavy atom. The van der Waals surface area contributed by atoms with Crippen LogP contribution in [-0.2, 0) is 11.2 Å². The summed E-state index contributed by atoms with van der Waals surface area (Å²) in [6, 6.07) is 10.5. The molecule has 1 heterocycles. The number of H-pyrrole nitrogens is 1. The Morgan fingerprint density at radius 1 is 1.26 bits per heavy atom. The monoisotopic (exact) mass is 331 g/mol. The number of rotatable bonds is 7. The zero-order valence-electron chi connectivity index (χ0n) is 14.2. The standard InChI is InChI=1S/C18H25N3OS/c1-12(2)13(3)19-17(22)11-23-18-20-14(4)16(21-18)10-15-8-6-5-7-9-15/h5-9,12-13H,10-11H2,1-4H3,(H,19,22)(H,20,21)/t13-/m0/s1. The zero-order chi connectivity index (χ0) is 16.8. The molecule has 1 atom stereocenters. The van der Waals surface area contributed by atoms with Crippen LogP contribution in [0.3, 0.4) is 0 Å². The fourth-order valence-corrected chi connectivity index (χ4v) is 2.84. The predicted molar refractivity (Wildman–Crippen MR) is 95.7 cm³/mol. The minimum Gasteiger partial charge on any atom is -0.353 e. The summed E-state index contributed by atoms with van der Waals surface area (Å²) in [6.45, 7) is 8.26. The van der Waals surface area contributed by atoms with Gasteiger partial charge in [-0.2, -0.15) is 0 Å². The molecule has 2 N–H and O–H groups in total. The molecule has 4 nitrogen and oxygen atoms in total. The molecule has 0 radical (unpaired) electrons. The second-order valence-electron chi connectivity index (χ2n) is 6.16. The molecule has 23 heavy (non-hydrogen) atoms. The van der Waals surface area contributed by atoms with E-state index in [2.05, 4.69) is 41.3 Å².